The highest BCUT2D eigenvalue weighted by Crippen LogP contribution is 2.10. The van der Waals surface area contributed by atoms with Crippen LogP contribution in [-0.2, 0) is 16.1 Å². The number of carbonyl (C=O) groups is 2. The molecule has 2 N–H and O–H groups in total. The second-order valence-corrected chi connectivity index (χ2v) is 5.01. The fraction of sp³-hybridized carbons (Fsp3) is 0.222. The minimum Gasteiger partial charge on any atom is -0.465 e. The molecule has 0 unspecified atom stereocenters. The van der Waals surface area contributed by atoms with Gasteiger partial charge in [0.15, 0.2) is 0 Å². The molecule has 5 nitrogen and oxygen atoms in total. The number of anilines is 1. The van der Waals surface area contributed by atoms with Gasteiger partial charge in [0.2, 0.25) is 5.91 Å². The highest BCUT2D eigenvalue weighted by molar-refractivity contribution is 5.89. The van der Waals surface area contributed by atoms with E-state index in [4.69, 9.17) is 0 Å². The van der Waals surface area contributed by atoms with E-state index < -0.39 is 0 Å². The highest BCUT2D eigenvalue weighted by atomic mass is 16.5. The zero-order valence-corrected chi connectivity index (χ0v) is 13.0. The number of nitrogens with one attached hydrogen (secondary N) is 2. The molecule has 0 aliphatic carbocycles. The molecule has 120 valence electrons. The van der Waals surface area contributed by atoms with E-state index in [2.05, 4.69) is 15.4 Å². The number of methoxy groups -OCH3 is 1. The number of carbonyl (C=O) groups excluding carboxylic acids is 2. The lowest BCUT2D eigenvalue weighted by molar-refractivity contribution is -0.121. The summed E-state index contributed by atoms with van der Waals surface area (Å²) >= 11 is 0. The molecule has 5 heteroatoms. The Labute approximate surface area is 135 Å². The SMILES string of the molecule is COC(=O)c1ccc(NCCC(=O)NCc2ccccc2)cc1. The third-order valence-electron chi connectivity index (χ3n) is 3.32. The minimum atomic E-state index is -0.364. The maximum Gasteiger partial charge on any atom is 0.337 e. The zero-order valence-electron chi connectivity index (χ0n) is 13.0. The first-order chi connectivity index (χ1) is 11.2. The monoisotopic (exact) mass is 312 g/mol. The van der Waals surface area contributed by atoms with Crippen LogP contribution in [0.2, 0.25) is 0 Å². The fourth-order valence-electron chi connectivity index (χ4n) is 2.05. The summed E-state index contributed by atoms with van der Waals surface area (Å²) in [6.45, 7) is 1.06. The molecule has 2 rings (SSSR count). The van der Waals surface area contributed by atoms with Crippen molar-refractivity contribution in [3.63, 3.8) is 0 Å². The van der Waals surface area contributed by atoms with Crippen LogP contribution in [0.25, 0.3) is 0 Å². The predicted molar refractivity (Wildman–Crippen MR) is 89.2 cm³/mol. The van der Waals surface area contributed by atoms with Crippen molar-refractivity contribution in [1.29, 1.82) is 0 Å². The lowest BCUT2D eigenvalue weighted by Gasteiger charge is -2.08. The minimum absolute atomic E-state index is 0.00691. The van der Waals surface area contributed by atoms with E-state index in [1.54, 1.807) is 24.3 Å². The standard InChI is InChI=1S/C18H20N2O3/c1-23-18(22)15-7-9-16(10-8-15)19-12-11-17(21)20-13-14-5-3-2-4-6-14/h2-10,19H,11-13H2,1H3,(H,20,21). The van der Waals surface area contributed by atoms with Gasteiger partial charge in [-0.3, -0.25) is 4.79 Å². The van der Waals surface area contributed by atoms with Gasteiger partial charge in [-0.2, -0.15) is 0 Å². The summed E-state index contributed by atoms with van der Waals surface area (Å²) in [7, 11) is 1.35. The number of esters is 1. The molecule has 23 heavy (non-hydrogen) atoms. The number of rotatable bonds is 7. The van der Waals surface area contributed by atoms with Crippen molar-refractivity contribution < 1.29 is 14.3 Å². The molecule has 0 aliphatic heterocycles. The summed E-state index contributed by atoms with van der Waals surface area (Å²) in [5.41, 5.74) is 2.43. The summed E-state index contributed by atoms with van der Waals surface area (Å²) in [5.74, 6) is -0.371. The van der Waals surface area contributed by atoms with E-state index in [1.165, 1.54) is 7.11 Å². The summed E-state index contributed by atoms with van der Waals surface area (Å²) < 4.78 is 4.64. The Bertz CT molecular complexity index is 639. The van der Waals surface area contributed by atoms with Gasteiger partial charge in [0.05, 0.1) is 12.7 Å². The van der Waals surface area contributed by atoms with Crippen LogP contribution in [0, 0.1) is 0 Å². The van der Waals surface area contributed by atoms with E-state index in [9.17, 15) is 9.59 Å². The van der Waals surface area contributed by atoms with Crippen LogP contribution in [0.5, 0.6) is 0 Å². The van der Waals surface area contributed by atoms with Gasteiger partial charge < -0.3 is 15.4 Å². The van der Waals surface area contributed by atoms with E-state index >= 15 is 0 Å². The summed E-state index contributed by atoms with van der Waals surface area (Å²) in [6, 6.07) is 16.7. The molecule has 2 aromatic carbocycles. The molecule has 0 aliphatic rings. The maximum atomic E-state index is 11.8. The Kier molecular flexibility index (Phi) is 6.17. The van der Waals surface area contributed by atoms with Crippen molar-refractivity contribution in [3.8, 4) is 0 Å². The molecule has 0 aromatic heterocycles. The average molecular weight is 312 g/mol. The first-order valence-electron chi connectivity index (χ1n) is 7.42. The number of benzene rings is 2. The maximum absolute atomic E-state index is 11.8. The van der Waals surface area contributed by atoms with Crippen LogP contribution in [0.15, 0.2) is 54.6 Å². The van der Waals surface area contributed by atoms with Crippen molar-refractivity contribution in [2.75, 3.05) is 19.0 Å². The molecule has 0 saturated heterocycles. The van der Waals surface area contributed by atoms with Crippen LogP contribution in [0.4, 0.5) is 5.69 Å². The number of amides is 1. The molecule has 0 saturated carbocycles. The first kappa shape index (κ1) is 16.5. The predicted octanol–water partition coefficient (Wildman–Crippen LogP) is 2.59. The molecular weight excluding hydrogens is 292 g/mol. The molecule has 2 aromatic rings. The van der Waals surface area contributed by atoms with E-state index in [0.717, 1.165) is 11.3 Å². The van der Waals surface area contributed by atoms with Crippen LogP contribution in [0.1, 0.15) is 22.3 Å². The van der Waals surface area contributed by atoms with Gasteiger partial charge in [0.25, 0.3) is 0 Å². The van der Waals surface area contributed by atoms with E-state index in [0.29, 0.717) is 25.1 Å². The number of hydrogen-bond acceptors (Lipinski definition) is 4. The average Bonchev–Trinajstić information content (AvgIpc) is 2.61. The topological polar surface area (TPSA) is 67.4 Å². The lowest BCUT2D eigenvalue weighted by atomic mass is 10.2. The molecule has 0 fully saturated rings. The van der Waals surface area contributed by atoms with E-state index in [-0.39, 0.29) is 11.9 Å². The largest absolute Gasteiger partial charge is 0.465 e. The Morgan fingerprint density at radius 2 is 1.70 bits per heavy atom. The quantitative estimate of drug-likeness (QED) is 0.771. The van der Waals surface area contributed by atoms with Crippen molar-refractivity contribution >= 4 is 17.6 Å². The van der Waals surface area contributed by atoms with Gasteiger partial charge in [-0.15, -0.1) is 0 Å². The van der Waals surface area contributed by atoms with Crippen molar-refractivity contribution in [2.24, 2.45) is 0 Å². The Hall–Kier alpha value is -2.82. The van der Waals surface area contributed by atoms with Crippen LogP contribution >= 0.6 is 0 Å². The number of ether oxygens (including phenoxy) is 1. The van der Waals surface area contributed by atoms with Crippen molar-refractivity contribution in [3.05, 3.63) is 65.7 Å². The first-order valence-corrected chi connectivity index (χ1v) is 7.42. The van der Waals surface area contributed by atoms with Gasteiger partial charge in [-0.25, -0.2) is 4.79 Å². The lowest BCUT2D eigenvalue weighted by Crippen LogP contribution is -2.24. The normalized spacial score (nSPS) is 9.96. The third kappa shape index (κ3) is 5.47. The Morgan fingerprint density at radius 3 is 2.35 bits per heavy atom. The summed E-state index contributed by atoms with van der Waals surface area (Å²) in [4.78, 5) is 23.1. The molecule has 0 heterocycles. The zero-order chi connectivity index (χ0) is 16.5. The van der Waals surface area contributed by atoms with Crippen LogP contribution < -0.4 is 10.6 Å². The summed E-state index contributed by atoms with van der Waals surface area (Å²) in [6.07, 6.45) is 0.381. The number of hydrogen-bond donors (Lipinski definition) is 2. The fourth-order valence-corrected chi connectivity index (χ4v) is 2.05. The molecule has 0 atom stereocenters. The second-order valence-electron chi connectivity index (χ2n) is 5.01. The van der Waals surface area contributed by atoms with Crippen molar-refractivity contribution in [2.45, 2.75) is 13.0 Å². The van der Waals surface area contributed by atoms with Crippen LogP contribution in [-0.4, -0.2) is 25.5 Å². The third-order valence-corrected chi connectivity index (χ3v) is 3.32. The van der Waals surface area contributed by atoms with Crippen LogP contribution in [0.3, 0.4) is 0 Å². The van der Waals surface area contributed by atoms with Gasteiger partial charge in [0.1, 0.15) is 0 Å². The van der Waals surface area contributed by atoms with Gasteiger partial charge in [0, 0.05) is 25.2 Å². The smallest absolute Gasteiger partial charge is 0.337 e. The van der Waals surface area contributed by atoms with E-state index in [1.807, 2.05) is 30.3 Å². The second kappa shape index (κ2) is 8.58. The molecular formula is C18H20N2O3. The molecule has 1 amide bonds. The molecule has 0 spiro atoms. The van der Waals surface area contributed by atoms with Gasteiger partial charge in [-0.05, 0) is 29.8 Å². The summed E-state index contributed by atoms with van der Waals surface area (Å²) in [5, 5.41) is 6.02. The van der Waals surface area contributed by atoms with Gasteiger partial charge >= 0.3 is 5.97 Å². The molecule has 0 radical (unpaired) electrons. The Morgan fingerprint density at radius 1 is 1.00 bits per heavy atom. The van der Waals surface area contributed by atoms with Crippen molar-refractivity contribution in [1.82, 2.24) is 5.32 Å². The van der Waals surface area contributed by atoms with Gasteiger partial charge in [-0.1, -0.05) is 30.3 Å². The highest BCUT2D eigenvalue weighted by Gasteiger charge is 2.05. The Balaban J connectivity index is 1.70. The molecule has 0 bridgehead atoms.